The Labute approximate surface area is 184 Å². The van der Waals surface area contributed by atoms with Gasteiger partial charge in [-0.05, 0) is 32.9 Å². The molecule has 0 spiro atoms. The van der Waals surface area contributed by atoms with Gasteiger partial charge in [-0.15, -0.1) is 24.0 Å². The fourth-order valence-corrected chi connectivity index (χ4v) is 5.01. The maximum Gasteiger partial charge on any atom is 0.220 e. The van der Waals surface area contributed by atoms with Gasteiger partial charge in [-0.25, -0.2) is 8.42 Å². The number of aliphatic imine (C=N–C) groups is 1. The predicted octanol–water partition coefficient (Wildman–Crippen LogP) is 0.657. The Morgan fingerprint density at radius 3 is 2.64 bits per heavy atom. The molecule has 1 aromatic rings. The van der Waals surface area contributed by atoms with Crippen molar-refractivity contribution < 1.29 is 12.9 Å². The van der Waals surface area contributed by atoms with Crippen molar-refractivity contribution in [2.45, 2.75) is 19.1 Å². The predicted molar refractivity (Wildman–Crippen MR) is 119 cm³/mol. The van der Waals surface area contributed by atoms with E-state index in [0.29, 0.717) is 37.8 Å². The fraction of sp³-hybridized carbons (Fsp3) is 0.765. The highest BCUT2D eigenvalue weighted by Gasteiger charge is 2.29. The Hall–Kier alpha value is -0.920. The summed E-state index contributed by atoms with van der Waals surface area (Å²) in [5.74, 6) is 1.38. The van der Waals surface area contributed by atoms with Crippen molar-refractivity contribution in [3.05, 3.63) is 18.0 Å². The molecule has 0 bridgehead atoms. The molecule has 0 aliphatic carbocycles. The second-order valence-corrected chi connectivity index (χ2v) is 9.21. The average Bonchev–Trinajstić information content (AvgIpc) is 3.30. The number of rotatable bonds is 6. The highest BCUT2D eigenvalue weighted by Crippen LogP contribution is 2.16. The van der Waals surface area contributed by atoms with Gasteiger partial charge in [-0.1, -0.05) is 5.16 Å². The van der Waals surface area contributed by atoms with Gasteiger partial charge in [0, 0.05) is 51.9 Å². The molecule has 2 aliphatic heterocycles. The number of nitrogens with one attached hydrogen (secondary N) is 1. The number of sulfonamides is 1. The highest BCUT2D eigenvalue weighted by atomic mass is 127. The molecular weight excluding hydrogens is 495 g/mol. The van der Waals surface area contributed by atoms with Crippen LogP contribution in [0.15, 0.2) is 21.8 Å². The lowest BCUT2D eigenvalue weighted by Gasteiger charge is -2.35. The third kappa shape index (κ3) is 6.29. The van der Waals surface area contributed by atoms with Crippen molar-refractivity contribution in [2.24, 2.45) is 10.9 Å². The average molecular weight is 526 g/mol. The maximum absolute atomic E-state index is 12.6. The third-order valence-corrected chi connectivity index (χ3v) is 6.89. The van der Waals surface area contributed by atoms with E-state index in [1.54, 1.807) is 6.07 Å². The van der Waals surface area contributed by atoms with Crippen molar-refractivity contribution in [2.75, 3.05) is 59.4 Å². The molecule has 2 aliphatic rings. The van der Waals surface area contributed by atoms with Gasteiger partial charge in [-0.2, -0.15) is 4.31 Å². The summed E-state index contributed by atoms with van der Waals surface area (Å²) in [5.41, 5.74) is 0.439. The second-order valence-electron chi connectivity index (χ2n) is 7.24. The van der Waals surface area contributed by atoms with Gasteiger partial charge in [0.2, 0.25) is 10.0 Å². The van der Waals surface area contributed by atoms with Crippen LogP contribution >= 0.6 is 24.0 Å². The zero-order chi connectivity index (χ0) is 19.3. The van der Waals surface area contributed by atoms with Crippen LogP contribution in [0.3, 0.4) is 0 Å². The van der Waals surface area contributed by atoms with E-state index < -0.39 is 10.0 Å². The molecule has 0 amide bonds. The van der Waals surface area contributed by atoms with E-state index in [9.17, 15) is 8.42 Å². The Balaban J connectivity index is 0.00000280. The van der Waals surface area contributed by atoms with Gasteiger partial charge in [0.05, 0.1) is 5.69 Å². The molecule has 2 saturated heterocycles. The first-order chi connectivity index (χ1) is 13.0. The van der Waals surface area contributed by atoms with E-state index in [4.69, 9.17) is 9.52 Å². The second kappa shape index (κ2) is 10.7. The molecule has 3 rings (SSSR count). The third-order valence-electron chi connectivity index (χ3n) is 5.08. The number of likely N-dealkylation sites (tertiary alicyclic amines) is 1. The van der Waals surface area contributed by atoms with Crippen molar-refractivity contribution in [3.8, 4) is 0 Å². The van der Waals surface area contributed by atoms with Gasteiger partial charge in [-0.3, -0.25) is 4.99 Å². The van der Waals surface area contributed by atoms with Crippen molar-refractivity contribution in [3.63, 3.8) is 0 Å². The summed E-state index contributed by atoms with van der Waals surface area (Å²) >= 11 is 0. The Kier molecular flexibility index (Phi) is 8.96. The van der Waals surface area contributed by atoms with Crippen LogP contribution in [0.2, 0.25) is 0 Å². The molecule has 0 saturated carbocycles. The highest BCUT2D eigenvalue weighted by molar-refractivity contribution is 14.0. The van der Waals surface area contributed by atoms with E-state index in [1.807, 2.05) is 0 Å². The lowest BCUT2D eigenvalue weighted by atomic mass is 10.1. The number of hydrogen-bond donors (Lipinski definition) is 1. The molecule has 0 aromatic carbocycles. The van der Waals surface area contributed by atoms with Crippen molar-refractivity contribution >= 4 is 40.0 Å². The number of guanidine groups is 1. The van der Waals surface area contributed by atoms with Gasteiger partial charge in [0.15, 0.2) is 5.96 Å². The van der Waals surface area contributed by atoms with E-state index in [2.05, 4.69) is 34.2 Å². The topological polar surface area (TPSA) is 94.3 Å². The molecular formula is C17H31IN6O3S. The largest absolute Gasteiger partial charge is 0.364 e. The summed E-state index contributed by atoms with van der Waals surface area (Å²) in [4.78, 5) is 9.31. The number of halogens is 1. The van der Waals surface area contributed by atoms with Gasteiger partial charge < -0.3 is 19.6 Å². The number of aromatic nitrogens is 1. The summed E-state index contributed by atoms with van der Waals surface area (Å²) in [7, 11) is -1.23. The zero-order valence-corrected chi connectivity index (χ0v) is 19.7. The minimum absolute atomic E-state index is 0. The molecule has 160 valence electrons. The monoisotopic (exact) mass is 526 g/mol. The summed E-state index contributed by atoms with van der Waals surface area (Å²) in [6, 6.07) is 1.59. The molecule has 28 heavy (non-hydrogen) atoms. The van der Waals surface area contributed by atoms with E-state index in [0.717, 1.165) is 32.1 Å². The van der Waals surface area contributed by atoms with Crippen LogP contribution in [0.1, 0.15) is 19.0 Å². The standard InChI is InChI=1S/C17H30N6O3S.HI/c1-3-18-17(19-12-15-4-6-21(2)13-15)22-7-9-23(10-8-22)27(24,25)14-16-5-11-26-20-16;/h5,11,15H,3-4,6-10,12-14H2,1-2H3,(H,18,19);1H. The minimum Gasteiger partial charge on any atom is -0.364 e. The van der Waals surface area contributed by atoms with E-state index >= 15 is 0 Å². The summed E-state index contributed by atoms with van der Waals surface area (Å²) < 4.78 is 31.4. The zero-order valence-electron chi connectivity index (χ0n) is 16.6. The Morgan fingerprint density at radius 2 is 2.07 bits per heavy atom. The van der Waals surface area contributed by atoms with Crippen molar-refractivity contribution in [1.29, 1.82) is 0 Å². The smallest absolute Gasteiger partial charge is 0.220 e. The van der Waals surface area contributed by atoms with Crippen LogP contribution in [-0.4, -0.2) is 93.0 Å². The summed E-state index contributed by atoms with van der Waals surface area (Å²) in [6.45, 7) is 8.08. The first-order valence-corrected chi connectivity index (χ1v) is 11.2. The van der Waals surface area contributed by atoms with Crippen LogP contribution in [0.25, 0.3) is 0 Å². The number of hydrogen-bond acceptors (Lipinski definition) is 6. The number of nitrogens with zero attached hydrogens (tertiary/aromatic N) is 5. The molecule has 1 N–H and O–H groups in total. The Bertz CT molecular complexity index is 719. The fourth-order valence-electron chi connectivity index (χ4n) is 3.58. The molecule has 0 radical (unpaired) electrons. The molecule has 9 nitrogen and oxygen atoms in total. The first kappa shape index (κ1) is 23.4. The lowest BCUT2D eigenvalue weighted by molar-refractivity contribution is 0.259. The van der Waals surface area contributed by atoms with Crippen LogP contribution in [-0.2, 0) is 15.8 Å². The van der Waals surface area contributed by atoms with Gasteiger partial charge >= 0.3 is 0 Å². The van der Waals surface area contributed by atoms with Crippen LogP contribution < -0.4 is 5.32 Å². The van der Waals surface area contributed by atoms with Crippen molar-refractivity contribution in [1.82, 2.24) is 24.6 Å². The SMILES string of the molecule is CCNC(=NCC1CCN(C)C1)N1CCN(S(=O)(=O)Cc2ccon2)CC1.I. The van der Waals surface area contributed by atoms with E-state index in [-0.39, 0.29) is 29.7 Å². The summed E-state index contributed by atoms with van der Waals surface area (Å²) in [6.07, 6.45) is 2.58. The normalized spacial score (nSPS) is 22.3. The van der Waals surface area contributed by atoms with E-state index in [1.165, 1.54) is 17.0 Å². The molecule has 1 aromatic heterocycles. The quantitative estimate of drug-likeness (QED) is 0.331. The number of piperazine rings is 1. The van der Waals surface area contributed by atoms with Gasteiger partial charge in [0.25, 0.3) is 0 Å². The van der Waals surface area contributed by atoms with Gasteiger partial charge in [0.1, 0.15) is 12.0 Å². The maximum atomic E-state index is 12.6. The van der Waals surface area contributed by atoms with Crippen LogP contribution in [0.4, 0.5) is 0 Å². The molecule has 2 fully saturated rings. The Morgan fingerprint density at radius 1 is 1.32 bits per heavy atom. The molecule has 11 heteroatoms. The molecule has 1 unspecified atom stereocenters. The first-order valence-electron chi connectivity index (χ1n) is 9.57. The molecule has 1 atom stereocenters. The summed E-state index contributed by atoms with van der Waals surface area (Å²) in [5, 5.41) is 7.06. The van der Waals surface area contributed by atoms with Crippen LogP contribution in [0, 0.1) is 5.92 Å². The van der Waals surface area contributed by atoms with Crippen LogP contribution in [0.5, 0.6) is 0 Å². The minimum atomic E-state index is -3.38. The lowest BCUT2D eigenvalue weighted by Crippen LogP contribution is -2.54. The molecule has 3 heterocycles.